The number of carbonyl (C=O) groups is 2. The maximum atomic E-state index is 13.0. The van der Waals surface area contributed by atoms with E-state index < -0.39 is 32.8 Å². The number of aliphatic hydroxyl groups is 1. The van der Waals surface area contributed by atoms with Gasteiger partial charge in [0.05, 0.1) is 13.0 Å². The number of hydrogen-bond acceptors (Lipinski definition) is 6. The Hall–Kier alpha value is -1.12. The standard InChI is InChI=1S/C17H28N2O5S/c1-16(2,11-20)13(18)10-14(21)19-15(22)17(6-3-7-17)25(23)12-4-8-24-9-5-12/h12,18,20H,3-11H2,1-2H3,(H,19,21,22). The number of hydrogen-bond donors (Lipinski definition) is 3. The second kappa shape index (κ2) is 8.05. The molecule has 3 N–H and O–H groups in total. The average Bonchev–Trinajstić information content (AvgIpc) is 2.54. The summed E-state index contributed by atoms with van der Waals surface area (Å²) >= 11 is 0. The van der Waals surface area contributed by atoms with Crippen molar-refractivity contribution in [3.05, 3.63) is 0 Å². The Kier molecular flexibility index (Phi) is 6.51. The second-order valence-electron chi connectivity index (χ2n) is 7.53. The summed E-state index contributed by atoms with van der Waals surface area (Å²) in [6, 6.07) is 0. The van der Waals surface area contributed by atoms with E-state index in [1.165, 1.54) is 0 Å². The van der Waals surface area contributed by atoms with Gasteiger partial charge in [-0.3, -0.25) is 19.1 Å². The van der Waals surface area contributed by atoms with Crippen LogP contribution < -0.4 is 5.32 Å². The summed E-state index contributed by atoms with van der Waals surface area (Å²) in [6.45, 7) is 4.20. The highest BCUT2D eigenvalue weighted by Gasteiger charge is 2.52. The largest absolute Gasteiger partial charge is 0.395 e. The Morgan fingerprint density at radius 2 is 1.92 bits per heavy atom. The van der Waals surface area contributed by atoms with E-state index in [1.54, 1.807) is 13.8 Å². The first-order valence-electron chi connectivity index (χ1n) is 8.74. The van der Waals surface area contributed by atoms with Gasteiger partial charge in [0, 0.05) is 40.4 Å². The molecule has 2 rings (SSSR count). The fourth-order valence-electron chi connectivity index (χ4n) is 3.01. The van der Waals surface area contributed by atoms with Gasteiger partial charge in [-0.2, -0.15) is 0 Å². The molecule has 1 saturated carbocycles. The van der Waals surface area contributed by atoms with Crippen LogP contribution in [0.25, 0.3) is 0 Å². The van der Waals surface area contributed by atoms with E-state index in [9.17, 15) is 18.9 Å². The molecule has 1 saturated heterocycles. The van der Waals surface area contributed by atoms with Crippen LogP contribution in [0.3, 0.4) is 0 Å². The van der Waals surface area contributed by atoms with Crippen molar-refractivity contribution in [2.75, 3.05) is 19.8 Å². The molecule has 1 heterocycles. The summed E-state index contributed by atoms with van der Waals surface area (Å²) < 4.78 is 17.3. The van der Waals surface area contributed by atoms with Crippen molar-refractivity contribution < 1.29 is 23.6 Å². The second-order valence-corrected chi connectivity index (χ2v) is 9.57. The quantitative estimate of drug-likeness (QED) is 0.574. The smallest absolute Gasteiger partial charge is 0.245 e. The molecule has 0 radical (unpaired) electrons. The molecule has 1 unspecified atom stereocenters. The number of imide groups is 1. The van der Waals surface area contributed by atoms with Crippen molar-refractivity contribution in [2.24, 2.45) is 5.41 Å². The molecule has 1 aliphatic heterocycles. The van der Waals surface area contributed by atoms with Gasteiger partial charge in [-0.05, 0) is 32.1 Å². The predicted octanol–water partition coefficient (Wildman–Crippen LogP) is 0.908. The fraction of sp³-hybridized carbons (Fsp3) is 0.824. The topological polar surface area (TPSA) is 117 Å². The molecule has 8 heteroatoms. The highest BCUT2D eigenvalue weighted by atomic mass is 32.2. The third kappa shape index (κ3) is 4.35. The summed E-state index contributed by atoms with van der Waals surface area (Å²) in [5.74, 6) is -1.06. The number of carbonyl (C=O) groups excluding carboxylic acids is 2. The van der Waals surface area contributed by atoms with Crippen LogP contribution in [0, 0.1) is 10.8 Å². The van der Waals surface area contributed by atoms with Crippen LogP contribution in [0.5, 0.6) is 0 Å². The number of rotatable bonds is 7. The summed E-state index contributed by atoms with van der Waals surface area (Å²) in [7, 11) is -1.34. The Bertz CT molecular complexity index is 565. The van der Waals surface area contributed by atoms with Gasteiger partial charge in [-0.25, -0.2) is 0 Å². The zero-order valence-electron chi connectivity index (χ0n) is 14.9. The third-order valence-corrected chi connectivity index (χ3v) is 7.67. The van der Waals surface area contributed by atoms with Crippen LogP contribution in [-0.4, -0.2) is 56.7 Å². The summed E-state index contributed by atoms with van der Waals surface area (Å²) in [6.07, 6.45) is 2.96. The molecule has 0 aromatic heterocycles. The minimum absolute atomic E-state index is 0.0634. The zero-order valence-corrected chi connectivity index (χ0v) is 15.7. The Morgan fingerprint density at radius 1 is 1.32 bits per heavy atom. The van der Waals surface area contributed by atoms with E-state index in [-0.39, 0.29) is 24.0 Å². The van der Waals surface area contributed by atoms with Gasteiger partial charge in [-0.1, -0.05) is 13.8 Å². The molecule has 2 amide bonds. The number of aliphatic hydroxyl groups excluding tert-OH is 1. The van der Waals surface area contributed by atoms with Crippen molar-refractivity contribution in [1.29, 1.82) is 5.41 Å². The van der Waals surface area contributed by atoms with E-state index in [0.717, 1.165) is 6.42 Å². The van der Waals surface area contributed by atoms with E-state index in [0.29, 0.717) is 38.9 Å². The van der Waals surface area contributed by atoms with Crippen LogP contribution in [-0.2, 0) is 25.1 Å². The van der Waals surface area contributed by atoms with Crippen LogP contribution in [0.15, 0.2) is 0 Å². The van der Waals surface area contributed by atoms with E-state index in [2.05, 4.69) is 5.32 Å². The molecule has 1 atom stereocenters. The van der Waals surface area contributed by atoms with Crippen molar-refractivity contribution in [1.82, 2.24) is 5.32 Å². The fourth-order valence-corrected chi connectivity index (χ4v) is 5.19. The molecule has 142 valence electrons. The molecule has 2 aliphatic rings. The maximum Gasteiger partial charge on any atom is 0.245 e. The molecule has 0 aromatic carbocycles. The van der Waals surface area contributed by atoms with Gasteiger partial charge in [0.25, 0.3) is 0 Å². The first-order valence-corrected chi connectivity index (χ1v) is 9.96. The van der Waals surface area contributed by atoms with Gasteiger partial charge in [0.1, 0.15) is 4.75 Å². The van der Waals surface area contributed by atoms with Gasteiger partial charge in [-0.15, -0.1) is 0 Å². The van der Waals surface area contributed by atoms with E-state index in [4.69, 9.17) is 10.1 Å². The highest BCUT2D eigenvalue weighted by Crippen LogP contribution is 2.41. The minimum Gasteiger partial charge on any atom is -0.395 e. The van der Waals surface area contributed by atoms with Gasteiger partial charge in [0.2, 0.25) is 11.8 Å². The number of nitrogens with one attached hydrogen (secondary N) is 2. The van der Waals surface area contributed by atoms with Crippen molar-refractivity contribution in [3.63, 3.8) is 0 Å². The molecule has 2 fully saturated rings. The van der Waals surface area contributed by atoms with Gasteiger partial charge < -0.3 is 15.3 Å². The molecule has 25 heavy (non-hydrogen) atoms. The van der Waals surface area contributed by atoms with Crippen LogP contribution >= 0.6 is 0 Å². The minimum atomic E-state index is -1.34. The van der Waals surface area contributed by atoms with Crippen LogP contribution in [0.1, 0.15) is 52.4 Å². The van der Waals surface area contributed by atoms with E-state index >= 15 is 0 Å². The van der Waals surface area contributed by atoms with Crippen molar-refractivity contribution >= 4 is 28.3 Å². The summed E-state index contributed by atoms with van der Waals surface area (Å²) in [5.41, 5.74) is -0.743. The SMILES string of the molecule is CC(C)(CO)C(=N)CC(=O)NC(=O)C1(S(=O)C2CCOCC2)CCC1. The lowest BCUT2D eigenvalue weighted by Crippen LogP contribution is -2.58. The Labute approximate surface area is 150 Å². The summed E-state index contributed by atoms with van der Waals surface area (Å²) in [5, 5.41) is 19.5. The molecule has 0 bridgehead atoms. The van der Waals surface area contributed by atoms with Gasteiger partial charge in [0.15, 0.2) is 0 Å². The van der Waals surface area contributed by atoms with Crippen LogP contribution in [0.4, 0.5) is 0 Å². The normalized spacial score (nSPS) is 21.9. The lowest BCUT2D eigenvalue weighted by Gasteiger charge is -2.41. The highest BCUT2D eigenvalue weighted by molar-refractivity contribution is 7.88. The van der Waals surface area contributed by atoms with Crippen LogP contribution in [0.2, 0.25) is 0 Å². The molecule has 7 nitrogen and oxygen atoms in total. The van der Waals surface area contributed by atoms with E-state index in [1.807, 2.05) is 0 Å². The van der Waals surface area contributed by atoms with Crippen molar-refractivity contribution in [3.8, 4) is 0 Å². The molecule has 1 aliphatic carbocycles. The molecular formula is C17H28N2O5S. The predicted molar refractivity (Wildman–Crippen MR) is 94.9 cm³/mol. The third-order valence-electron chi connectivity index (χ3n) is 5.23. The molecule has 0 spiro atoms. The number of amides is 2. The zero-order chi connectivity index (χ0) is 18.7. The van der Waals surface area contributed by atoms with Crippen molar-refractivity contribution in [2.45, 2.75) is 62.4 Å². The first kappa shape index (κ1) is 20.2. The van der Waals surface area contributed by atoms with Gasteiger partial charge >= 0.3 is 0 Å². The lowest BCUT2D eigenvalue weighted by atomic mass is 9.83. The Morgan fingerprint density at radius 3 is 2.40 bits per heavy atom. The molecular weight excluding hydrogens is 344 g/mol. The summed E-state index contributed by atoms with van der Waals surface area (Å²) in [4.78, 5) is 24.8. The lowest BCUT2D eigenvalue weighted by molar-refractivity contribution is -0.132. The first-order chi connectivity index (χ1) is 11.7. The number of ether oxygens (including phenoxy) is 1. The monoisotopic (exact) mass is 372 g/mol. The molecule has 0 aromatic rings. The average molecular weight is 372 g/mol. The Balaban J connectivity index is 1.98. The maximum absolute atomic E-state index is 13.0.